The summed E-state index contributed by atoms with van der Waals surface area (Å²) in [6.45, 7) is 8.01. The minimum atomic E-state index is -0.179. The van der Waals surface area contributed by atoms with E-state index in [9.17, 15) is 10.1 Å². The van der Waals surface area contributed by atoms with Crippen molar-refractivity contribution in [1.29, 1.82) is 5.26 Å². The summed E-state index contributed by atoms with van der Waals surface area (Å²) in [5, 5.41) is 19.0. The highest BCUT2D eigenvalue weighted by atomic mass is 32.2. The third kappa shape index (κ3) is 5.37. The number of aromatic nitrogens is 5. The number of amides is 1. The second-order valence-corrected chi connectivity index (χ2v) is 9.66. The minimum Gasteiger partial charge on any atom is -0.346 e. The highest BCUT2D eigenvalue weighted by Crippen LogP contribution is 2.34. The third-order valence-corrected chi connectivity index (χ3v) is 6.64. The standard InChI is InChI=1S/C23H28N8OS/c1-4-31-13-17(12-26-31)27-23-28-20-19(7-8-25-20)21(29-23)33-18-6-5-9-30(14-18)22(32)16(11-24)10-15(2)3/h7-8,10,12-13,15,18H,4-6,9,14H2,1-3H3,(H2,25,27,28,29)/b16-10+/t18-/m1/s1. The van der Waals surface area contributed by atoms with Crippen LogP contribution in [0.4, 0.5) is 11.6 Å². The lowest BCUT2D eigenvalue weighted by Gasteiger charge is -2.32. The molecule has 3 aromatic rings. The molecule has 33 heavy (non-hydrogen) atoms. The molecule has 0 aromatic carbocycles. The molecule has 0 radical (unpaired) electrons. The fourth-order valence-corrected chi connectivity index (χ4v) is 5.11. The average molecular weight is 465 g/mol. The molecule has 1 saturated heterocycles. The first kappa shape index (κ1) is 22.9. The number of carbonyl (C=O) groups excluding carboxylic acids is 1. The Morgan fingerprint density at radius 1 is 1.45 bits per heavy atom. The van der Waals surface area contributed by atoms with Crippen molar-refractivity contribution < 1.29 is 4.79 Å². The second-order valence-electron chi connectivity index (χ2n) is 8.37. The van der Waals surface area contributed by atoms with Crippen LogP contribution in [0.25, 0.3) is 11.0 Å². The van der Waals surface area contributed by atoms with Crippen molar-refractivity contribution in [2.24, 2.45) is 5.92 Å². The van der Waals surface area contributed by atoms with E-state index in [4.69, 9.17) is 4.98 Å². The first-order valence-corrected chi connectivity index (χ1v) is 12.1. The molecule has 1 aliphatic rings. The van der Waals surface area contributed by atoms with Crippen molar-refractivity contribution in [2.75, 3.05) is 18.4 Å². The SMILES string of the molecule is CCn1cc(Nc2nc(S[C@@H]3CCCN(C(=O)/C(C#N)=C/C(C)C)C3)c3cc[nH]c3n2)cn1. The van der Waals surface area contributed by atoms with E-state index in [2.05, 4.69) is 26.5 Å². The molecule has 1 atom stereocenters. The zero-order valence-corrected chi connectivity index (χ0v) is 19.9. The summed E-state index contributed by atoms with van der Waals surface area (Å²) in [5.74, 6) is 0.469. The smallest absolute Gasteiger partial charge is 0.264 e. The van der Waals surface area contributed by atoms with Gasteiger partial charge in [0.05, 0.1) is 17.3 Å². The highest BCUT2D eigenvalue weighted by Gasteiger charge is 2.27. The van der Waals surface area contributed by atoms with E-state index in [0.717, 1.165) is 41.1 Å². The van der Waals surface area contributed by atoms with Crippen LogP contribution < -0.4 is 5.32 Å². The van der Waals surface area contributed by atoms with Gasteiger partial charge in [-0.05, 0) is 31.7 Å². The minimum absolute atomic E-state index is 0.150. The predicted octanol–water partition coefficient (Wildman–Crippen LogP) is 4.11. The lowest BCUT2D eigenvalue weighted by Crippen LogP contribution is -2.41. The Morgan fingerprint density at radius 3 is 3.03 bits per heavy atom. The number of hydrogen-bond donors (Lipinski definition) is 2. The molecule has 3 aromatic heterocycles. The number of allylic oxidation sites excluding steroid dienone is 1. The summed E-state index contributed by atoms with van der Waals surface area (Å²) >= 11 is 1.66. The van der Waals surface area contributed by atoms with Gasteiger partial charge < -0.3 is 15.2 Å². The van der Waals surface area contributed by atoms with Gasteiger partial charge in [0.2, 0.25) is 5.95 Å². The third-order valence-electron chi connectivity index (χ3n) is 5.39. The first-order valence-electron chi connectivity index (χ1n) is 11.2. The van der Waals surface area contributed by atoms with Gasteiger partial charge in [-0.2, -0.15) is 15.3 Å². The number of nitriles is 1. The Hall–Kier alpha value is -3.32. The van der Waals surface area contributed by atoms with Gasteiger partial charge in [-0.25, -0.2) is 4.98 Å². The van der Waals surface area contributed by atoms with E-state index in [1.807, 2.05) is 43.9 Å². The largest absolute Gasteiger partial charge is 0.346 e. The lowest BCUT2D eigenvalue weighted by molar-refractivity contribution is -0.127. The molecule has 2 N–H and O–H groups in total. The quantitative estimate of drug-likeness (QED) is 0.307. The molecule has 0 spiro atoms. The number of aromatic amines is 1. The van der Waals surface area contributed by atoms with Gasteiger partial charge >= 0.3 is 0 Å². The van der Waals surface area contributed by atoms with Crippen molar-refractivity contribution in [3.63, 3.8) is 0 Å². The van der Waals surface area contributed by atoms with Crippen LogP contribution in [0, 0.1) is 17.2 Å². The van der Waals surface area contributed by atoms with Gasteiger partial charge in [-0.1, -0.05) is 19.9 Å². The van der Waals surface area contributed by atoms with Crippen LogP contribution in [0.5, 0.6) is 0 Å². The molecular weight excluding hydrogens is 436 g/mol. The first-order chi connectivity index (χ1) is 16.0. The van der Waals surface area contributed by atoms with Crippen molar-refractivity contribution in [2.45, 2.75) is 50.4 Å². The van der Waals surface area contributed by atoms with Crippen molar-refractivity contribution >= 4 is 40.3 Å². The fourth-order valence-electron chi connectivity index (χ4n) is 3.83. The number of thioether (sulfide) groups is 1. The van der Waals surface area contributed by atoms with E-state index in [0.29, 0.717) is 19.0 Å². The van der Waals surface area contributed by atoms with Crippen molar-refractivity contribution in [1.82, 2.24) is 29.6 Å². The topological polar surface area (TPSA) is 116 Å². The summed E-state index contributed by atoms with van der Waals surface area (Å²) < 4.78 is 1.84. The second kappa shape index (κ2) is 10.1. The van der Waals surface area contributed by atoms with Crippen LogP contribution in [0.1, 0.15) is 33.6 Å². The summed E-state index contributed by atoms with van der Waals surface area (Å²) in [4.78, 5) is 27.2. The van der Waals surface area contributed by atoms with Crippen LogP contribution in [-0.4, -0.2) is 53.9 Å². The Balaban J connectivity index is 1.52. The van der Waals surface area contributed by atoms with Gasteiger partial charge in [0, 0.05) is 37.3 Å². The Labute approximate surface area is 197 Å². The van der Waals surface area contributed by atoms with Crippen LogP contribution in [-0.2, 0) is 11.3 Å². The van der Waals surface area contributed by atoms with Gasteiger partial charge in [-0.15, -0.1) is 11.8 Å². The summed E-state index contributed by atoms with van der Waals surface area (Å²) in [6, 6.07) is 4.05. The number of nitrogens with one attached hydrogen (secondary N) is 2. The molecule has 172 valence electrons. The zero-order chi connectivity index (χ0) is 23.4. The molecule has 0 unspecified atom stereocenters. The monoisotopic (exact) mass is 464 g/mol. The zero-order valence-electron chi connectivity index (χ0n) is 19.1. The molecule has 1 fully saturated rings. The number of piperidine rings is 1. The summed E-state index contributed by atoms with van der Waals surface area (Å²) in [7, 11) is 0. The molecule has 0 aliphatic carbocycles. The summed E-state index contributed by atoms with van der Waals surface area (Å²) in [6.07, 6.45) is 9.14. The number of likely N-dealkylation sites (tertiary alicyclic amines) is 1. The van der Waals surface area contributed by atoms with E-state index in [-0.39, 0.29) is 22.6 Å². The molecule has 4 rings (SSSR count). The molecule has 1 amide bonds. The van der Waals surface area contributed by atoms with Gasteiger partial charge in [0.1, 0.15) is 22.3 Å². The maximum atomic E-state index is 12.9. The van der Waals surface area contributed by atoms with Gasteiger partial charge in [-0.3, -0.25) is 9.48 Å². The number of fused-ring (bicyclic) bond motifs is 1. The fraction of sp³-hybridized carbons (Fsp3) is 0.435. The number of rotatable bonds is 7. The molecular formula is C23H28N8OS. The van der Waals surface area contributed by atoms with E-state index < -0.39 is 0 Å². The number of H-pyrrole nitrogens is 1. The van der Waals surface area contributed by atoms with Crippen molar-refractivity contribution in [3.8, 4) is 6.07 Å². The number of nitrogens with zero attached hydrogens (tertiary/aromatic N) is 6. The molecule has 4 heterocycles. The van der Waals surface area contributed by atoms with Crippen LogP contribution in [0.15, 0.2) is 41.3 Å². The summed E-state index contributed by atoms with van der Waals surface area (Å²) in [5.41, 5.74) is 1.81. The Bertz CT molecular complexity index is 1200. The number of hydrogen-bond acceptors (Lipinski definition) is 7. The normalized spacial score (nSPS) is 16.9. The number of aryl methyl sites for hydroxylation is 1. The molecule has 0 saturated carbocycles. The van der Waals surface area contributed by atoms with Gasteiger partial charge in [0.25, 0.3) is 5.91 Å². The molecule has 1 aliphatic heterocycles. The predicted molar refractivity (Wildman–Crippen MR) is 129 cm³/mol. The maximum absolute atomic E-state index is 12.9. The van der Waals surface area contributed by atoms with E-state index >= 15 is 0 Å². The van der Waals surface area contributed by atoms with Crippen LogP contribution in [0.2, 0.25) is 0 Å². The number of carbonyl (C=O) groups is 1. The number of anilines is 2. The average Bonchev–Trinajstić information content (AvgIpc) is 3.46. The van der Waals surface area contributed by atoms with Crippen LogP contribution in [0.3, 0.4) is 0 Å². The van der Waals surface area contributed by atoms with Crippen LogP contribution >= 0.6 is 11.8 Å². The molecule has 0 bridgehead atoms. The van der Waals surface area contributed by atoms with Crippen molar-refractivity contribution in [3.05, 3.63) is 36.3 Å². The maximum Gasteiger partial charge on any atom is 0.264 e. The van der Waals surface area contributed by atoms with E-state index in [1.165, 1.54) is 0 Å². The molecule has 9 nitrogen and oxygen atoms in total. The Morgan fingerprint density at radius 2 is 2.30 bits per heavy atom. The van der Waals surface area contributed by atoms with Gasteiger partial charge in [0.15, 0.2) is 0 Å². The highest BCUT2D eigenvalue weighted by molar-refractivity contribution is 8.00. The van der Waals surface area contributed by atoms with E-state index in [1.54, 1.807) is 28.9 Å². The lowest BCUT2D eigenvalue weighted by atomic mass is 10.1. The molecule has 10 heteroatoms. The Kier molecular flexibility index (Phi) is 6.99.